The SMILES string of the molecule is CN(C)C(=O)C(C(=O)c1ccc(Cl)cc1)n1cc(C2CCN(C(=O)c3ccc(Cl)cc3)C2)c2ccccc21. The number of likely N-dealkylation sites (tertiary alicyclic amines) is 1. The molecule has 38 heavy (non-hydrogen) atoms. The third-order valence-corrected chi connectivity index (χ3v) is 7.61. The molecule has 0 radical (unpaired) electrons. The van der Waals surface area contributed by atoms with Crippen LogP contribution in [0.15, 0.2) is 79.0 Å². The zero-order chi connectivity index (χ0) is 27.0. The fraction of sp³-hybridized carbons (Fsp3) is 0.233. The molecule has 2 unspecified atom stereocenters. The normalized spacial score (nSPS) is 16.0. The Hall–Kier alpha value is -3.61. The molecule has 2 amide bonds. The van der Waals surface area contributed by atoms with E-state index in [1.807, 2.05) is 35.4 Å². The lowest BCUT2D eigenvalue weighted by Crippen LogP contribution is -2.36. The molecule has 0 N–H and O–H groups in total. The minimum Gasteiger partial charge on any atom is -0.347 e. The first-order chi connectivity index (χ1) is 18.2. The standard InChI is InChI=1S/C30H27Cl2N3O3/c1-33(2)30(38)27(28(36)19-7-11-22(31)12-8-19)35-18-25(24-5-3-4-6-26(24)35)21-15-16-34(17-21)29(37)20-9-13-23(32)14-10-20/h3-14,18,21,27H,15-17H2,1-2H3. The van der Waals surface area contributed by atoms with Gasteiger partial charge in [0.15, 0.2) is 11.8 Å². The van der Waals surface area contributed by atoms with Gasteiger partial charge >= 0.3 is 0 Å². The summed E-state index contributed by atoms with van der Waals surface area (Å²) in [6.45, 7) is 1.17. The van der Waals surface area contributed by atoms with E-state index < -0.39 is 6.04 Å². The Morgan fingerprint density at radius 2 is 1.47 bits per heavy atom. The maximum atomic E-state index is 13.7. The summed E-state index contributed by atoms with van der Waals surface area (Å²) in [4.78, 5) is 43.6. The Bertz CT molecular complexity index is 1510. The number of likely N-dealkylation sites (N-methyl/N-ethyl adjacent to an activating group) is 1. The Morgan fingerprint density at radius 3 is 2.11 bits per heavy atom. The molecule has 0 bridgehead atoms. The second-order valence-corrected chi connectivity index (χ2v) is 10.6. The fourth-order valence-corrected chi connectivity index (χ4v) is 5.37. The molecule has 1 saturated heterocycles. The molecule has 0 aliphatic carbocycles. The second-order valence-electron chi connectivity index (χ2n) is 9.76. The molecule has 4 aromatic rings. The van der Waals surface area contributed by atoms with Crippen molar-refractivity contribution >= 4 is 51.7 Å². The molecule has 0 saturated carbocycles. The van der Waals surface area contributed by atoms with Gasteiger partial charge in [-0.15, -0.1) is 0 Å². The summed E-state index contributed by atoms with van der Waals surface area (Å²) in [5.74, 6) is -0.591. The van der Waals surface area contributed by atoms with Crippen LogP contribution >= 0.6 is 23.2 Å². The number of halogens is 2. The van der Waals surface area contributed by atoms with Crippen molar-refractivity contribution in [2.24, 2.45) is 0 Å². The van der Waals surface area contributed by atoms with Gasteiger partial charge in [0.05, 0.1) is 0 Å². The van der Waals surface area contributed by atoms with Crippen molar-refractivity contribution in [1.29, 1.82) is 0 Å². The highest BCUT2D eigenvalue weighted by molar-refractivity contribution is 6.31. The van der Waals surface area contributed by atoms with Crippen molar-refractivity contribution in [1.82, 2.24) is 14.4 Å². The number of hydrogen-bond acceptors (Lipinski definition) is 3. The third-order valence-electron chi connectivity index (χ3n) is 7.11. The van der Waals surface area contributed by atoms with E-state index in [4.69, 9.17) is 23.2 Å². The summed E-state index contributed by atoms with van der Waals surface area (Å²) >= 11 is 12.0. The van der Waals surface area contributed by atoms with Crippen molar-refractivity contribution < 1.29 is 14.4 Å². The average Bonchev–Trinajstić information content (AvgIpc) is 3.55. The summed E-state index contributed by atoms with van der Waals surface area (Å²) in [7, 11) is 3.29. The molecule has 3 aromatic carbocycles. The lowest BCUT2D eigenvalue weighted by Gasteiger charge is -2.22. The average molecular weight is 548 g/mol. The number of ketones is 1. The summed E-state index contributed by atoms with van der Waals surface area (Å²) in [6.07, 6.45) is 2.70. The van der Waals surface area contributed by atoms with Gasteiger partial charge < -0.3 is 14.4 Å². The number of para-hydroxylation sites is 1. The van der Waals surface area contributed by atoms with Crippen LogP contribution in [0.1, 0.15) is 44.7 Å². The molecule has 1 fully saturated rings. The van der Waals surface area contributed by atoms with E-state index in [0.717, 1.165) is 22.9 Å². The topological polar surface area (TPSA) is 62.6 Å². The van der Waals surface area contributed by atoms with Crippen LogP contribution in [-0.2, 0) is 4.79 Å². The smallest absolute Gasteiger partial charge is 0.253 e. The first-order valence-electron chi connectivity index (χ1n) is 12.4. The quantitative estimate of drug-likeness (QED) is 0.217. The summed E-state index contributed by atoms with van der Waals surface area (Å²) in [5, 5.41) is 2.08. The largest absolute Gasteiger partial charge is 0.347 e. The lowest BCUT2D eigenvalue weighted by atomic mass is 9.98. The van der Waals surface area contributed by atoms with Crippen LogP contribution in [-0.4, -0.2) is 59.1 Å². The number of benzene rings is 3. The first kappa shape index (κ1) is 26.0. The van der Waals surface area contributed by atoms with E-state index in [1.54, 1.807) is 67.2 Å². The Balaban J connectivity index is 1.51. The number of nitrogens with zero attached hydrogens (tertiary/aromatic N) is 3. The number of amides is 2. The van der Waals surface area contributed by atoms with Crippen molar-refractivity contribution in [3.05, 3.63) is 106 Å². The van der Waals surface area contributed by atoms with E-state index in [9.17, 15) is 14.4 Å². The zero-order valence-corrected chi connectivity index (χ0v) is 22.6. The fourth-order valence-electron chi connectivity index (χ4n) is 5.12. The Labute approximate surface area is 231 Å². The minimum atomic E-state index is -1.07. The third kappa shape index (κ3) is 4.94. The highest BCUT2D eigenvalue weighted by atomic mass is 35.5. The van der Waals surface area contributed by atoms with Gasteiger partial charge in [-0.05, 0) is 66.6 Å². The number of Topliss-reactive ketones (excluding diaryl/α,β-unsaturated/α-hetero) is 1. The van der Waals surface area contributed by atoms with E-state index in [2.05, 4.69) is 0 Å². The van der Waals surface area contributed by atoms with Crippen LogP contribution in [0.5, 0.6) is 0 Å². The van der Waals surface area contributed by atoms with Gasteiger partial charge in [0.25, 0.3) is 11.8 Å². The van der Waals surface area contributed by atoms with Gasteiger partial charge in [0.1, 0.15) is 0 Å². The van der Waals surface area contributed by atoms with E-state index in [1.165, 1.54) is 4.90 Å². The van der Waals surface area contributed by atoms with E-state index >= 15 is 0 Å². The molecule has 1 aromatic heterocycles. The van der Waals surface area contributed by atoms with Gasteiger partial charge in [-0.25, -0.2) is 0 Å². The molecule has 2 atom stereocenters. The van der Waals surface area contributed by atoms with Crippen molar-refractivity contribution in [2.75, 3.05) is 27.2 Å². The van der Waals surface area contributed by atoms with Gasteiger partial charge in [-0.1, -0.05) is 41.4 Å². The van der Waals surface area contributed by atoms with Crippen LogP contribution in [0.2, 0.25) is 10.0 Å². The molecule has 1 aliphatic rings. The highest BCUT2D eigenvalue weighted by Gasteiger charge is 2.35. The number of carbonyl (C=O) groups is 3. The van der Waals surface area contributed by atoms with E-state index in [-0.39, 0.29) is 23.5 Å². The second kappa shape index (κ2) is 10.6. The van der Waals surface area contributed by atoms with Gasteiger partial charge in [0, 0.05) is 71.4 Å². The zero-order valence-electron chi connectivity index (χ0n) is 21.1. The number of hydrogen-bond donors (Lipinski definition) is 0. The van der Waals surface area contributed by atoms with Gasteiger partial charge in [-0.3, -0.25) is 14.4 Å². The highest BCUT2D eigenvalue weighted by Crippen LogP contribution is 2.36. The molecule has 0 spiro atoms. The van der Waals surface area contributed by atoms with Crippen LogP contribution in [0.3, 0.4) is 0 Å². The monoisotopic (exact) mass is 547 g/mol. The first-order valence-corrected chi connectivity index (χ1v) is 13.2. The predicted molar refractivity (Wildman–Crippen MR) is 150 cm³/mol. The summed E-state index contributed by atoms with van der Waals surface area (Å²) in [6, 6.07) is 20.2. The molecule has 5 rings (SSSR count). The van der Waals surface area contributed by atoms with Crippen molar-refractivity contribution in [3.8, 4) is 0 Å². The lowest BCUT2D eigenvalue weighted by molar-refractivity contribution is -0.130. The van der Waals surface area contributed by atoms with Crippen LogP contribution in [0.4, 0.5) is 0 Å². The summed E-state index contributed by atoms with van der Waals surface area (Å²) in [5.41, 5.74) is 2.83. The molecular formula is C30H27Cl2N3O3. The van der Waals surface area contributed by atoms with Crippen molar-refractivity contribution in [2.45, 2.75) is 18.4 Å². The molecular weight excluding hydrogens is 521 g/mol. The van der Waals surface area contributed by atoms with Crippen molar-refractivity contribution in [3.63, 3.8) is 0 Å². The number of aromatic nitrogens is 1. The maximum Gasteiger partial charge on any atom is 0.253 e. The Morgan fingerprint density at radius 1 is 0.868 bits per heavy atom. The Kier molecular flexibility index (Phi) is 7.28. The van der Waals surface area contributed by atoms with Gasteiger partial charge in [-0.2, -0.15) is 0 Å². The van der Waals surface area contributed by atoms with E-state index in [0.29, 0.717) is 34.3 Å². The molecule has 194 valence electrons. The van der Waals surface area contributed by atoms with Crippen LogP contribution in [0.25, 0.3) is 10.9 Å². The number of fused-ring (bicyclic) bond motifs is 1. The molecule has 2 heterocycles. The summed E-state index contributed by atoms with van der Waals surface area (Å²) < 4.78 is 1.79. The molecule has 1 aliphatic heterocycles. The minimum absolute atomic E-state index is 0.0357. The number of rotatable bonds is 6. The number of carbonyl (C=O) groups excluding carboxylic acids is 3. The molecule has 6 nitrogen and oxygen atoms in total. The van der Waals surface area contributed by atoms with Gasteiger partial charge in [0.2, 0.25) is 0 Å². The maximum absolute atomic E-state index is 13.7. The molecule has 8 heteroatoms. The van der Waals surface area contributed by atoms with Crippen LogP contribution < -0.4 is 0 Å². The predicted octanol–water partition coefficient (Wildman–Crippen LogP) is 6.09. The van der Waals surface area contributed by atoms with Crippen LogP contribution in [0, 0.1) is 0 Å².